The number of aliphatic carboxylic acids is 1. The average Bonchev–Trinajstić information content (AvgIpc) is 2.37. The first kappa shape index (κ1) is 17.8. The van der Waals surface area contributed by atoms with E-state index in [2.05, 4.69) is 26.1 Å². The van der Waals surface area contributed by atoms with Gasteiger partial charge in [-0.15, -0.1) is 0 Å². The monoisotopic (exact) mass is 298 g/mol. The van der Waals surface area contributed by atoms with Gasteiger partial charge in [0.15, 0.2) is 0 Å². The molecule has 1 aliphatic rings. The molecule has 0 aliphatic carbocycles. The first-order valence-corrected chi connectivity index (χ1v) is 7.96. The van der Waals surface area contributed by atoms with Gasteiger partial charge in [-0.3, -0.25) is 4.79 Å². The van der Waals surface area contributed by atoms with Crippen molar-refractivity contribution in [2.75, 3.05) is 19.6 Å². The third-order valence-corrected chi connectivity index (χ3v) is 4.20. The maximum Gasteiger partial charge on any atom is 0.317 e. The molecule has 0 aromatic heterocycles. The molecule has 0 aromatic rings. The van der Waals surface area contributed by atoms with Gasteiger partial charge in [0.25, 0.3) is 0 Å². The summed E-state index contributed by atoms with van der Waals surface area (Å²) in [4.78, 5) is 25.5. The van der Waals surface area contributed by atoms with Gasteiger partial charge in [0.05, 0.1) is 5.41 Å². The summed E-state index contributed by atoms with van der Waals surface area (Å²) in [6.07, 6.45) is 3.80. The maximum absolute atomic E-state index is 12.2. The van der Waals surface area contributed by atoms with E-state index >= 15 is 0 Å². The first-order chi connectivity index (χ1) is 9.70. The van der Waals surface area contributed by atoms with Crippen LogP contribution in [0.25, 0.3) is 0 Å². The number of carbonyl (C=O) groups excluding carboxylic acids is 1. The van der Waals surface area contributed by atoms with Crippen molar-refractivity contribution in [1.82, 2.24) is 10.2 Å². The quantitative estimate of drug-likeness (QED) is 0.819. The minimum absolute atomic E-state index is 0.124. The van der Waals surface area contributed by atoms with E-state index in [1.165, 1.54) is 0 Å². The minimum atomic E-state index is -0.767. The van der Waals surface area contributed by atoms with Crippen LogP contribution in [0.15, 0.2) is 0 Å². The molecule has 1 unspecified atom stereocenters. The molecular weight excluding hydrogens is 268 g/mol. The van der Waals surface area contributed by atoms with Crippen LogP contribution >= 0.6 is 0 Å². The molecule has 2 amide bonds. The molecule has 0 aromatic carbocycles. The van der Waals surface area contributed by atoms with Crippen LogP contribution in [0.1, 0.15) is 59.8 Å². The Morgan fingerprint density at radius 3 is 2.52 bits per heavy atom. The van der Waals surface area contributed by atoms with Crippen molar-refractivity contribution < 1.29 is 14.7 Å². The Labute approximate surface area is 128 Å². The van der Waals surface area contributed by atoms with E-state index in [4.69, 9.17) is 0 Å². The van der Waals surface area contributed by atoms with E-state index in [1.807, 2.05) is 6.92 Å². The summed E-state index contributed by atoms with van der Waals surface area (Å²) < 4.78 is 0. The van der Waals surface area contributed by atoms with Crippen LogP contribution in [0.2, 0.25) is 0 Å². The van der Waals surface area contributed by atoms with E-state index in [9.17, 15) is 14.7 Å². The van der Waals surface area contributed by atoms with Crippen LogP contribution in [0.5, 0.6) is 0 Å². The zero-order chi connectivity index (χ0) is 16.1. The highest BCUT2D eigenvalue weighted by Crippen LogP contribution is 2.35. The Balaban J connectivity index is 2.58. The largest absolute Gasteiger partial charge is 0.481 e. The normalized spacial score (nSPS) is 23.0. The summed E-state index contributed by atoms with van der Waals surface area (Å²) in [5.74, 6) is -0.767. The second-order valence-electron chi connectivity index (χ2n) is 7.40. The molecule has 122 valence electrons. The van der Waals surface area contributed by atoms with Gasteiger partial charge in [-0.05, 0) is 31.1 Å². The summed E-state index contributed by atoms with van der Waals surface area (Å²) in [5, 5.41) is 12.5. The van der Waals surface area contributed by atoms with Crippen LogP contribution in [-0.4, -0.2) is 41.6 Å². The molecule has 5 nitrogen and oxygen atoms in total. The Hall–Kier alpha value is -1.26. The van der Waals surface area contributed by atoms with Crippen LogP contribution in [0.3, 0.4) is 0 Å². The molecule has 1 saturated heterocycles. The van der Waals surface area contributed by atoms with Gasteiger partial charge in [0.2, 0.25) is 0 Å². The number of carboxylic acids is 1. The predicted molar refractivity (Wildman–Crippen MR) is 83.3 cm³/mol. The highest BCUT2D eigenvalue weighted by molar-refractivity contribution is 5.78. The van der Waals surface area contributed by atoms with Crippen molar-refractivity contribution in [1.29, 1.82) is 0 Å². The molecule has 21 heavy (non-hydrogen) atoms. The zero-order valence-electron chi connectivity index (χ0n) is 13.9. The number of carboxylic acid groups (broad SMARTS) is 1. The van der Waals surface area contributed by atoms with Gasteiger partial charge in [0.1, 0.15) is 0 Å². The Morgan fingerprint density at radius 1 is 1.33 bits per heavy atom. The highest BCUT2D eigenvalue weighted by atomic mass is 16.4. The number of piperidine rings is 1. The van der Waals surface area contributed by atoms with Gasteiger partial charge in [-0.2, -0.15) is 0 Å². The van der Waals surface area contributed by atoms with Gasteiger partial charge in [-0.1, -0.05) is 34.1 Å². The topological polar surface area (TPSA) is 69.6 Å². The fourth-order valence-corrected chi connectivity index (χ4v) is 2.93. The standard InChI is InChI=1S/C16H30N2O3/c1-5-7-16(13(19)20)8-6-11-18(12-16)14(21)17-10-9-15(2,3)4/h5-12H2,1-4H3,(H,17,21)(H,19,20). The molecule has 2 N–H and O–H groups in total. The van der Waals surface area contributed by atoms with Crippen molar-refractivity contribution in [3.8, 4) is 0 Å². The highest BCUT2D eigenvalue weighted by Gasteiger charge is 2.42. The average molecular weight is 298 g/mol. The molecule has 1 atom stereocenters. The number of hydrogen-bond acceptors (Lipinski definition) is 2. The fraction of sp³-hybridized carbons (Fsp3) is 0.875. The Bertz CT molecular complexity index is 372. The van der Waals surface area contributed by atoms with Crippen LogP contribution in [0, 0.1) is 10.8 Å². The molecule has 1 heterocycles. The second-order valence-corrected chi connectivity index (χ2v) is 7.40. The van der Waals surface area contributed by atoms with Crippen LogP contribution < -0.4 is 5.32 Å². The second kappa shape index (κ2) is 7.14. The van der Waals surface area contributed by atoms with E-state index in [0.29, 0.717) is 32.5 Å². The molecular formula is C16H30N2O3. The summed E-state index contributed by atoms with van der Waals surface area (Å²) >= 11 is 0. The number of amides is 2. The lowest BCUT2D eigenvalue weighted by molar-refractivity contribution is -0.152. The molecule has 1 aliphatic heterocycles. The van der Waals surface area contributed by atoms with Crippen molar-refractivity contribution in [3.05, 3.63) is 0 Å². The van der Waals surface area contributed by atoms with Gasteiger partial charge < -0.3 is 15.3 Å². The van der Waals surface area contributed by atoms with Crippen molar-refractivity contribution in [3.63, 3.8) is 0 Å². The molecule has 0 radical (unpaired) electrons. The van der Waals surface area contributed by atoms with Crippen molar-refractivity contribution in [2.45, 2.75) is 59.8 Å². The maximum atomic E-state index is 12.2. The number of hydrogen-bond donors (Lipinski definition) is 2. The number of nitrogens with one attached hydrogen (secondary N) is 1. The molecule has 1 rings (SSSR count). The van der Waals surface area contributed by atoms with Crippen molar-refractivity contribution >= 4 is 12.0 Å². The van der Waals surface area contributed by atoms with E-state index in [0.717, 1.165) is 19.3 Å². The Morgan fingerprint density at radius 2 is 2.00 bits per heavy atom. The Kier molecular flexibility index (Phi) is 6.05. The summed E-state index contributed by atoms with van der Waals surface area (Å²) in [6.45, 7) is 10.0. The SMILES string of the molecule is CCCC1(C(=O)O)CCCN(C(=O)NCCC(C)(C)C)C1. The third kappa shape index (κ3) is 5.21. The number of nitrogens with zero attached hydrogens (tertiary/aromatic N) is 1. The predicted octanol–water partition coefficient (Wildman–Crippen LogP) is 3.10. The smallest absolute Gasteiger partial charge is 0.317 e. The summed E-state index contributed by atoms with van der Waals surface area (Å²) in [6, 6.07) is -0.124. The van der Waals surface area contributed by atoms with E-state index < -0.39 is 11.4 Å². The van der Waals surface area contributed by atoms with Gasteiger partial charge in [-0.25, -0.2) is 4.79 Å². The summed E-state index contributed by atoms with van der Waals surface area (Å²) in [5.41, 5.74) is -0.573. The molecule has 0 saturated carbocycles. The molecule has 5 heteroatoms. The lowest BCUT2D eigenvalue weighted by Gasteiger charge is -2.40. The fourth-order valence-electron chi connectivity index (χ4n) is 2.93. The van der Waals surface area contributed by atoms with E-state index in [1.54, 1.807) is 4.90 Å². The zero-order valence-corrected chi connectivity index (χ0v) is 13.9. The number of likely N-dealkylation sites (tertiary alicyclic amines) is 1. The summed E-state index contributed by atoms with van der Waals surface area (Å²) in [7, 11) is 0. The number of urea groups is 1. The number of carbonyl (C=O) groups is 2. The third-order valence-electron chi connectivity index (χ3n) is 4.20. The van der Waals surface area contributed by atoms with Crippen molar-refractivity contribution in [2.24, 2.45) is 10.8 Å². The van der Waals surface area contributed by atoms with Gasteiger partial charge >= 0.3 is 12.0 Å². The molecule has 0 spiro atoms. The van der Waals surface area contributed by atoms with Gasteiger partial charge in [0, 0.05) is 19.6 Å². The lowest BCUT2D eigenvalue weighted by Crippen LogP contribution is -2.52. The molecule has 1 fully saturated rings. The first-order valence-electron chi connectivity index (χ1n) is 7.96. The van der Waals surface area contributed by atoms with Crippen LogP contribution in [0.4, 0.5) is 4.79 Å². The van der Waals surface area contributed by atoms with E-state index in [-0.39, 0.29) is 11.4 Å². The lowest BCUT2D eigenvalue weighted by atomic mass is 9.76. The molecule has 0 bridgehead atoms. The number of rotatable bonds is 5. The van der Waals surface area contributed by atoms with Crippen LogP contribution in [-0.2, 0) is 4.79 Å². The minimum Gasteiger partial charge on any atom is -0.481 e.